The lowest BCUT2D eigenvalue weighted by molar-refractivity contribution is -0.141. The van der Waals surface area contributed by atoms with E-state index in [1.165, 1.54) is 0 Å². The van der Waals surface area contributed by atoms with Crippen LogP contribution >= 0.6 is 11.3 Å². The van der Waals surface area contributed by atoms with Gasteiger partial charge < -0.3 is 4.90 Å². The number of carbonyl (C=O) groups is 2. The molecular weight excluding hydrogens is 308 g/mol. The molecule has 0 N–H and O–H groups in total. The van der Waals surface area contributed by atoms with E-state index >= 15 is 0 Å². The van der Waals surface area contributed by atoms with Crippen LogP contribution in [-0.4, -0.2) is 33.7 Å². The molecule has 0 saturated heterocycles. The molecule has 0 spiro atoms. The first kappa shape index (κ1) is 18.1. The molecule has 1 aliphatic carbocycles. The lowest BCUT2D eigenvalue weighted by Gasteiger charge is -2.33. The molecule has 1 aromatic heterocycles. The molecule has 0 aromatic carbocycles. The van der Waals surface area contributed by atoms with Crippen LogP contribution in [0.1, 0.15) is 69.7 Å². The van der Waals surface area contributed by atoms with Crippen molar-refractivity contribution >= 4 is 23.0 Å². The van der Waals surface area contributed by atoms with E-state index in [9.17, 15) is 9.59 Å². The molecule has 1 atom stereocenters. The van der Waals surface area contributed by atoms with E-state index in [0.717, 1.165) is 29.1 Å². The van der Waals surface area contributed by atoms with Crippen molar-refractivity contribution in [3.63, 3.8) is 0 Å². The first-order chi connectivity index (χ1) is 10.8. The number of thiazole rings is 1. The van der Waals surface area contributed by atoms with E-state index in [1.54, 1.807) is 18.3 Å². The standard InChI is InChI=1S/C18H28N2O2S/c1-11(2)17(13(5)21)20(14-6-7-14)16(22)9-8-15-10-19-18(23-15)12(3)4/h10-12,14,17H,6-9H2,1-5H3. The molecule has 1 aromatic rings. The van der Waals surface area contributed by atoms with E-state index in [1.807, 2.05) is 24.9 Å². The number of carbonyl (C=O) groups excluding carboxylic acids is 2. The zero-order chi connectivity index (χ0) is 17.1. The number of aromatic nitrogens is 1. The van der Waals surface area contributed by atoms with E-state index in [2.05, 4.69) is 18.8 Å². The van der Waals surface area contributed by atoms with Crippen molar-refractivity contribution in [2.45, 2.75) is 78.3 Å². The third-order valence-electron chi connectivity index (χ3n) is 4.23. The highest BCUT2D eigenvalue weighted by Gasteiger charge is 2.40. The number of amides is 1. The number of rotatable bonds is 8. The first-order valence-corrected chi connectivity index (χ1v) is 9.39. The molecule has 1 saturated carbocycles. The summed E-state index contributed by atoms with van der Waals surface area (Å²) in [6, 6.07) is -0.00540. The lowest BCUT2D eigenvalue weighted by atomic mass is 9.98. The van der Waals surface area contributed by atoms with E-state index in [0.29, 0.717) is 12.3 Å². The van der Waals surface area contributed by atoms with Gasteiger partial charge in [-0.3, -0.25) is 9.59 Å². The van der Waals surface area contributed by atoms with Crippen LogP contribution in [0.25, 0.3) is 0 Å². The number of Topliss-reactive ketones (excluding diaryl/α,β-unsaturated/α-hetero) is 1. The highest BCUT2D eigenvalue weighted by Crippen LogP contribution is 2.32. The molecule has 2 rings (SSSR count). The van der Waals surface area contributed by atoms with Crippen LogP contribution in [0.2, 0.25) is 0 Å². The van der Waals surface area contributed by atoms with Gasteiger partial charge in [0.25, 0.3) is 0 Å². The highest BCUT2D eigenvalue weighted by molar-refractivity contribution is 7.11. The average molecular weight is 337 g/mol. The number of aryl methyl sites for hydroxylation is 1. The van der Waals surface area contributed by atoms with Crippen LogP contribution in [0.3, 0.4) is 0 Å². The predicted octanol–water partition coefficient (Wildman–Crippen LogP) is 3.80. The van der Waals surface area contributed by atoms with Crippen molar-refractivity contribution in [3.05, 3.63) is 16.1 Å². The minimum Gasteiger partial charge on any atom is -0.329 e. The summed E-state index contributed by atoms with van der Waals surface area (Å²) in [7, 11) is 0. The van der Waals surface area contributed by atoms with Gasteiger partial charge in [-0.05, 0) is 32.1 Å². The van der Waals surface area contributed by atoms with Crippen LogP contribution in [0, 0.1) is 5.92 Å². The van der Waals surface area contributed by atoms with Crippen molar-refractivity contribution in [2.24, 2.45) is 5.92 Å². The summed E-state index contributed by atoms with van der Waals surface area (Å²) in [5.74, 6) is 0.796. The zero-order valence-electron chi connectivity index (χ0n) is 14.8. The van der Waals surface area contributed by atoms with Crippen LogP contribution in [0.5, 0.6) is 0 Å². The zero-order valence-corrected chi connectivity index (χ0v) is 15.7. The fourth-order valence-corrected chi connectivity index (χ4v) is 3.91. The summed E-state index contributed by atoms with van der Waals surface area (Å²) in [6.45, 7) is 9.90. The van der Waals surface area contributed by atoms with Gasteiger partial charge in [0.2, 0.25) is 5.91 Å². The van der Waals surface area contributed by atoms with Crippen molar-refractivity contribution in [1.29, 1.82) is 0 Å². The minimum atomic E-state index is -0.275. The maximum absolute atomic E-state index is 12.7. The summed E-state index contributed by atoms with van der Waals surface area (Å²) in [4.78, 5) is 32.2. The van der Waals surface area contributed by atoms with Crippen molar-refractivity contribution in [2.75, 3.05) is 0 Å². The fraction of sp³-hybridized carbons (Fsp3) is 0.722. The second-order valence-electron chi connectivity index (χ2n) is 7.15. The van der Waals surface area contributed by atoms with Gasteiger partial charge in [-0.2, -0.15) is 0 Å². The van der Waals surface area contributed by atoms with E-state index in [4.69, 9.17) is 0 Å². The second kappa shape index (κ2) is 7.56. The van der Waals surface area contributed by atoms with Crippen LogP contribution in [0.4, 0.5) is 0 Å². The number of ketones is 1. The normalized spacial score (nSPS) is 16.0. The third-order valence-corrected chi connectivity index (χ3v) is 5.58. The van der Waals surface area contributed by atoms with Crippen LogP contribution < -0.4 is 0 Å². The SMILES string of the molecule is CC(=O)C(C(C)C)N(C(=O)CCc1cnc(C(C)C)s1)C1CC1. The molecule has 1 unspecified atom stereocenters. The molecule has 1 aliphatic rings. The Kier molecular flexibility index (Phi) is 5.95. The molecule has 128 valence electrons. The molecule has 5 heteroatoms. The van der Waals surface area contributed by atoms with Crippen molar-refractivity contribution < 1.29 is 9.59 Å². The van der Waals surface area contributed by atoms with Gasteiger partial charge in [0.1, 0.15) is 0 Å². The number of hydrogen-bond donors (Lipinski definition) is 0. The molecule has 23 heavy (non-hydrogen) atoms. The van der Waals surface area contributed by atoms with Gasteiger partial charge in [-0.1, -0.05) is 27.7 Å². The molecular formula is C18H28N2O2S. The molecule has 0 aliphatic heterocycles. The van der Waals surface area contributed by atoms with Gasteiger partial charge in [0.15, 0.2) is 5.78 Å². The monoisotopic (exact) mass is 336 g/mol. The molecule has 0 bridgehead atoms. The maximum atomic E-state index is 12.7. The van der Waals surface area contributed by atoms with E-state index < -0.39 is 0 Å². The molecule has 1 fully saturated rings. The van der Waals surface area contributed by atoms with Gasteiger partial charge in [0, 0.05) is 29.5 Å². The Hall–Kier alpha value is -1.23. The Morgan fingerprint density at radius 3 is 2.39 bits per heavy atom. The smallest absolute Gasteiger partial charge is 0.223 e. The molecule has 4 nitrogen and oxygen atoms in total. The van der Waals surface area contributed by atoms with E-state index in [-0.39, 0.29) is 29.7 Å². The molecule has 1 heterocycles. The Labute approximate surface area is 143 Å². The van der Waals surface area contributed by atoms with Gasteiger partial charge >= 0.3 is 0 Å². The minimum absolute atomic E-state index is 0.0973. The quantitative estimate of drug-likeness (QED) is 0.725. The first-order valence-electron chi connectivity index (χ1n) is 8.57. The van der Waals surface area contributed by atoms with Gasteiger partial charge in [-0.25, -0.2) is 4.98 Å². The van der Waals surface area contributed by atoms with Gasteiger partial charge in [-0.15, -0.1) is 11.3 Å². The largest absolute Gasteiger partial charge is 0.329 e. The average Bonchev–Trinajstić information content (AvgIpc) is 3.17. The Morgan fingerprint density at radius 1 is 1.30 bits per heavy atom. The summed E-state index contributed by atoms with van der Waals surface area (Å²) in [6.07, 6.45) is 5.13. The Balaban J connectivity index is 2.02. The summed E-state index contributed by atoms with van der Waals surface area (Å²) >= 11 is 1.69. The predicted molar refractivity (Wildman–Crippen MR) is 93.7 cm³/mol. The van der Waals surface area contributed by atoms with Gasteiger partial charge in [0.05, 0.1) is 11.0 Å². The second-order valence-corrected chi connectivity index (χ2v) is 8.30. The number of nitrogens with zero attached hydrogens (tertiary/aromatic N) is 2. The van der Waals surface area contributed by atoms with Crippen molar-refractivity contribution in [1.82, 2.24) is 9.88 Å². The Bertz CT molecular complexity index is 561. The lowest BCUT2D eigenvalue weighted by Crippen LogP contribution is -2.48. The summed E-state index contributed by atoms with van der Waals surface area (Å²) in [5.41, 5.74) is 0. The Morgan fingerprint density at radius 2 is 1.96 bits per heavy atom. The van der Waals surface area contributed by atoms with Crippen molar-refractivity contribution in [3.8, 4) is 0 Å². The van der Waals surface area contributed by atoms with Crippen LogP contribution in [-0.2, 0) is 16.0 Å². The molecule has 0 radical (unpaired) electrons. The van der Waals surface area contributed by atoms with Crippen LogP contribution in [0.15, 0.2) is 6.20 Å². The third kappa shape index (κ3) is 4.63. The fourth-order valence-electron chi connectivity index (χ4n) is 2.99. The number of hydrogen-bond acceptors (Lipinski definition) is 4. The highest BCUT2D eigenvalue weighted by atomic mass is 32.1. The molecule has 1 amide bonds. The maximum Gasteiger partial charge on any atom is 0.223 e. The summed E-state index contributed by atoms with van der Waals surface area (Å²) in [5, 5.41) is 1.12. The summed E-state index contributed by atoms with van der Waals surface area (Å²) < 4.78 is 0. The topological polar surface area (TPSA) is 50.3 Å².